The average molecular weight is 383 g/mol. The molecule has 0 spiro atoms. The highest BCUT2D eigenvalue weighted by Gasteiger charge is 2.37. The molecule has 8 heteroatoms. The van der Waals surface area contributed by atoms with Crippen LogP contribution in [0.3, 0.4) is 0 Å². The topological polar surface area (TPSA) is 90.7 Å². The van der Waals surface area contributed by atoms with Crippen molar-refractivity contribution in [2.45, 2.75) is 32.4 Å². The molecule has 1 saturated heterocycles. The number of hydrogen-bond donors (Lipinski definition) is 0. The molecule has 1 unspecified atom stereocenters. The fourth-order valence-corrected chi connectivity index (χ4v) is 2.66. The predicted octanol–water partition coefficient (Wildman–Crippen LogP) is 3.40. The number of ether oxygens (including phenoxy) is 2. The maximum absolute atomic E-state index is 12.6. The van der Waals surface area contributed by atoms with E-state index in [4.69, 9.17) is 9.47 Å². The van der Waals surface area contributed by atoms with Crippen molar-refractivity contribution in [1.82, 2.24) is 14.5 Å². The third kappa shape index (κ3) is 4.46. The van der Waals surface area contributed by atoms with Crippen LogP contribution < -0.4 is 0 Å². The van der Waals surface area contributed by atoms with Gasteiger partial charge in [0.2, 0.25) is 0 Å². The Morgan fingerprint density at radius 3 is 2.64 bits per heavy atom. The van der Waals surface area contributed by atoms with Crippen LogP contribution in [-0.2, 0) is 14.3 Å². The molecule has 146 valence electrons. The van der Waals surface area contributed by atoms with Gasteiger partial charge in [-0.3, -0.25) is 4.79 Å². The van der Waals surface area contributed by atoms with Crippen molar-refractivity contribution in [2.75, 3.05) is 6.61 Å². The zero-order valence-electron chi connectivity index (χ0n) is 15.9. The number of nitrogens with zero attached hydrogens (tertiary/aromatic N) is 3. The van der Waals surface area contributed by atoms with Crippen molar-refractivity contribution in [3.8, 4) is 0 Å². The van der Waals surface area contributed by atoms with E-state index in [0.717, 1.165) is 10.5 Å². The van der Waals surface area contributed by atoms with Crippen molar-refractivity contribution < 1.29 is 23.9 Å². The Balaban J connectivity index is 1.71. The van der Waals surface area contributed by atoms with Crippen LogP contribution in [0.15, 0.2) is 48.9 Å². The number of cyclic esters (lactones) is 1. The van der Waals surface area contributed by atoms with Crippen molar-refractivity contribution in [2.24, 2.45) is 0 Å². The third-order valence-electron chi connectivity index (χ3n) is 3.90. The molecule has 1 aliphatic rings. The van der Waals surface area contributed by atoms with E-state index in [1.807, 2.05) is 30.3 Å². The quantitative estimate of drug-likeness (QED) is 0.755. The molecule has 2 aromatic rings. The first-order chi connectivity index (χ1) is 13.2. The second-order valence-electron chi connectivity index (χ2n) is 7.23. The first kappa shape index (κ1) is 19.3. The normalized spacial score (nSPS) is 17.0. The molecule has 1 aromatic carbocycles. The molecule has 1 aliphatic heterocycles. The summed E-state index contributed by atoms with van der Waals surface area (Å²) in [4.78, 5) is 41.7. The Kier molecular flexibility index (Phi) is 5.30. The standard InChI is InChI=1S/C20H21N3O5/c1-20(2,3)28-18(25)22-11-15(21-13-22)9-10-17(24)23-16(12-27-19(23)26)14-7-5-4-6-8-14/h4-11,13,16H,12H2,1-3H3. The molecule has 1 atom stereocenters. The zero-order chi connectivity index (χ0) is 20.3. The lowest BCUT2D eigenvalue weighted by atomic mass is 10.1. The molecule has 2 amide bonds. The summed E-state index contributed by atoms with van der Waals surface area (Å²) >= 11 is 0. The average Bonchev–Trinajstić information content (AvgIpc) is 3.26. The molecular formula is C20H21N3O5. The van der Waals surface area contributed by atoms with Gasteiger partial charge in [0.1, 0.15) is 24.6 Å². The van der Waals surface area contributed by atoms with Gasteiger partial charge in [-0.2, -0.15) is 0 Å². The van der Waals surface area contributed by atoms with E-state index >= 15 is 0 Å². The van der Waals surface area contributed by atoms with Gasteiger partial charge in [-0.15, -0.1) is 0 Å². The SMILES string of the molecule is CC(C)(C)OC(=O)n1cnc(C=CC(=O)N2C(=O)OCC2c2ccccc2)c1. The number of hydrogen-bond acceptors (Lipinski definition) is 6. The Morgan fingerprint density at radius 1 is 1.25 bits per heavy atom. The van der Waals surface area contributed by atoms with Crippen molar-refractivity contribution in [3.63, 3.8) is 0 Å². The molecule has 1 aromatic heterocycles. The Labute approximate surface area is 162 Å². The summed E-state index contributed by atoms with van der Waals surface area (Å²) in [6.45, 7) is 5.40. The number of carbonyl (C=O) groups excluding carboxylic acids is 3. The maximum Gasteiger partial charge on any atom is 0.419 e. The number of amides is 2. The van der Waals surface area contributed by atoms with Crippen LogP contribution in [0.5, 0.6) is 0 Å². The van der Waals surface area contributed by atoms with E-state index in [9.17, 15) is 14.4 Å². The zero-order valence-corrected chi connectivity index (χ0v) is 15.9. The minimum atomic E-state index is -0.692. The summed E-state index contributed by atoms with van der Waals surface area (Å²) in [5.74, 6) is -0.525. The van der Waals surface area contributed by atoms with Gasteiger partial charge in [0, 0.05) is 12.3 Å². The van der Waals surface area contributed by atoms with E-state index in [-0.39, 0.29) is 6.61 Å². The van der Waals surface area contributed by atoms with E-state index in [2.05, 4.69) is 4.98 Å². The number of imide groups is 1. The second-order valence-corrected chi connectivity index (χ2v) is 7.23. The van der Waals surface area contributed by atoms with Crippen LogP contribution in [0, 0.1) is 0 Å². The maximum atomic E-state index is 12.6. The van der Waals surface area contributed by atoms with E-state index < -0.39 is 29.7 Å². The minimum Gasteiger partial charge on any atom is -0.446 e. The fraction of sp³-hybridized carbons (Fsp3) is 0.300. The summed E-state index contributed by atoms with van der Waals surface area (Å²) in [7, 11) is 0. The van der Waals surface area contributed by atoms with E-state index in [0.29, 0.717) is 5.69 Å². The molecule has 0 saturated carbocycles. The number of aromatic nitrogens is 2. The first-order valence-electron chi connectivity index (χ1n) is 8.75. The van der Waals surface area contributed by atoms with E-state index in [1.54, 1.807) is 20.8 Å². The summed E-state index contributed by atoms with van der Waals surface area (Å²) in [6, 6.07) is 8.71. The molecule has 3 rings (SSSR count). The van der Waals surface area contributed by atoms with Gasteiger partial charge in [-0.1, -0.05) is 30.3 Å². The summed E-state index contributed by atoms with van der Waals surface area (Å²) in [6.07, 6.45) is 4.13. The lowest BCUT2D eigenvalue weighted by molar-refractivity contribution is -0.124. The molecule has 0 radical (unpaired) electrons. The lowest BCUT2D eigenvalue weighted by Crippen LogP contribution is -2.32. The predicted molar refractivity (Wildman–Crippen MR) is 100 cm³/mol. The Morgan fingerprint density at radius 2 is 1.96 bits per heavy atom. The first-order valence-corrected chi connectivity index (χ1v) is 8.75. The molecular weight excluding hydrogens is 362 g/mol. The molecule has 0 N–H and O–H groups in total. The van der Waals surface area contributed by atoms with Crippen molar-refractivity contribution in [1.29, 1.82) is 0 Å². The lowest BCUT2D eigenvalue weighted by Gasteiger charge is -2.19. The number of carbonyl (C=O) groups is 3. The molecule has 8 nitrogen and oxygen atoms in total. The molecule has 2 heterocycles. The van der Waals surface area contributed by atoms with Crippen molar-refractivity contribution >= 4 is 24.2 Å². The van der Waals surface area contributed by atoms with Crippen LogP contribution >= 0.6 is 0 Å². The largest absolute Gasteiger partial charge is 0.446 e. The molecule has 28 heavy (non-hydrogen) atoms. The monoisotopic (exact) mass is 383 g/mol. The van der Waals surface area contributed by atoms with Gasteiger partial charge in [0.15, 0.2) is 0 Å². The van der Waals surface area contributed by atoms with Gasteiger partial charge >= 0.3 is 12.2 Å². The highest BCUT2D eigenvalue weighted by molar-refractivity contribution is 6.02. The van der Waals surface area contributed by atoms with Crippen LogP contribution in [0.1, 0.15) is 38.1 Å². The van der Waals surface area contributed by atoms with Gasteiger partial charge in [-0.25, -0.2) is 24.0 Å². The van der Waals surface area contributed by atoms with Gasteiger partial charge in [-0.05, 0) is 32.4 Å². The highest BCUT2D eigenvalue weighted by Crippen LogP contribution is 2.27. The molecule has 0 bridgehead atoms. The fourth-order valence-electron chi connectivity index (χ4n) is 2.66. The summed E-state index contributed by atoms with van der Waals surface area (Å²) < 4.78 is 11.5. The van der Waals surface area contributed by atoms with Gasteiger partial charge in [0.05, 0.1) is 5.69 Å². The summed E-state index contributed by atoms with van der Waals surface area (Å²) in [5, 5.41) is 0. The third-order valence-corrected chi connectivity index (χ3v) is 3.90. The number of imidazole rings is 1. The minimum absolute atomic E-state index is 0.107. The van der Waals surface area contributed by atoms with E-state index in [1.165, 1.54) is 29.2 Å². The second kappa shape index (κ2) is 7.67. The molecule has 1 fully saturated rings. The summed E-state index contributed by atoms with van der Waals surface area (Å²) in [5.41, 5.74) is 0.558. The van der Waals surface area contributed by atoms with Crippen LogP contribution in [0.2, 0.25) is 0 Å². The Hall–Kier alpha value is -3.42. The number of rotatable bonds is 3. The highest BCUT2D eigenvalue weighted by atomic mass is 16.6. The molecule has 0 aliphatic carbocycles. The number of benzene rings is 1. The van der Waals surface area contributed by atoms with Crippen molar-refractivity contribution in [3.05, 3.63) is 60.2 Å². The smallest absolute Gasteiger partial charge is 0.419 e. The van der Waals surface area contributed by atoms with Crippen LogP contribution in [0.4, 0.5) is 9.59 Å². The Bertz CT molecular complexity index is 911. The van der Waals surface area contributed by atoms with Crippen LogP contribution in [0.25, 0.3) is 6.08 Å². The van der Waals surface area contributed by atoms with Crippen LogP contribution in [-0.4, -0.2) is 44.8 Å². The van der Waals surface area contributed by atoms with Gasteiger partial charge in [0.25, 0.3) is 5.91 Å². The van der Waals surface area contributed by atoms with Gasteiger partial charge < -0.3 is 9.47 Å².